The first-order chi connectivity index (χ1) is 9.63. The Morgan fingerprint density at radius 2 is 1.85 bits per heavy atom. The minimum atomic E-state index is -0.429. The van der Waals surface area contributed by atoms with Crippen molar-refractivity contribution >= 4 is 23.7 Å². The summed E-state index contributed by atoms with van der Waals surface area (Å²) >= 11 is 1.26. The van der Waals surface area contributed by atoms with Gasteiger partial charge in [0.2, 0.25) is 5.91 Å². The summed E-state index contributed by atoms with van der Waals surface area (Å²) in [4.78, 5) is 24.0. The smallest absolute Gasteiger partial charge is 0.321 e. The van der Waals surface area contributed by atoms with Gasteiger partial charge < -0.3 is 5.32 Å². The maximum absolute atomic E-state index is 12.7. The van der Waals surface area contributed by atoms with E-state index >= 15 is 0 Å². The zero-order chi connectivity index (χ0) is 14.4. The molecule has 1 aromatic rings. The Bertz CT molecular complexity index is 473. The van der Waals surface area contributed by atoms with Crippen LogP contribution in [0, 0.1) is 5.82 Å². The van der Waals surface area contributed by atoms with Crippen LogP contribution in [0.2, 0.25) is 0 Å². The van der Waals surface area contributed by atoms with Crippen molar-refractivity contribution in [2.45, 2.75) is 36.6 Å². The molecule has 20 heavy (non-hydrogen) atoms. The highest BCUT2D eigenvalue weighted by molar-refractivity contribution is 8.00. The summed E-state index contributed by atoms with van der Waals surface area (Å²) in [6.45, 7) is 0. The third kappa shape index (κ3) is 4.85. The SMILES string of the molecule is O=C(CSc1ccc(F)cc1)NC(=O)NC1CCCC1. The van der Waals surface area contributed by atoms with Crippen molar-refractivity contribution in [1.29, 1.82) is 0 Å². The number of halogens is 1. The van der Waals surface area contributed by atoms with E-state index in [1.54, 1.807) is 12.1 Å². The Morgan fingerprint density at radius 1 is 1.20 bits per heavy atom. The molecule has 0 heterocycles. The first-order valence-corrected chi connectivity index (χ1v) is 7.61. The number of carbonyl (C=O) groups is 2. The quantitative estimate of drug-likeness (QED) is 0.840. The lowest BCUT2D eigenvalue weighted by molar-refractivity contribution is -0.117. The molecule has 0 radical (unpaired) electrons. The number of carbonyl (C=O) groups excluding carboxylic acids is 2. The third-order valence-electron chi connectivity index (χ3n) is 3.13. The van der Waals surface area contributed by atoms with Gasteiger partial charge in [0, 0.05) is 10.9 Å². The van der Waals surface area contributed by atoms with Crippen LogP contribution < -0.4 is 10.6 Å². The van der Waals surface area contributed by atoms with E-state index in [2.05, 4.69) is 10.6 Å². The molecule has 1 aromatic carbocycles. The van der Waals surface area contributed by atoms with Gasteiger partial charge in [0.15, 0.2) is 0 Å². The fourth-order valence-electron chi connectivity index (χ4n) is 2.13. The molecule has 0 bridgehead atoms. The molecule has 3 amide bonds. The summed E-state index contributed by atoms with van der Waals surface area (Å²) in [5.74, 6) is -0.534. The number of hydrogen-bond acceptors (Lipinski definition) is 3. The number of nitrogens with one attached hydrogen (secondary N) is 2. The molecule has 1 aliphatic rings. The molecule has 1 fully saturated rings. The van der Waals surface area contributed by atoms with Crippen molar-refractivity contribution < 1.29 is 14.0 Å². The van der Waals surface area contributed by atoms with Crippen LogP contribution in [0.5, 0.6) is 0 Å². The minimum Gasteiger partial charge on any atom is -0.335 e. The van der Waals surface area contributed by atoms with Gasteiger partial charge in [-0.3, -0.25) is 10.1 Å². The van der Waals surface area contributed by atoms with Gasteiger partial charge in [-0.05, 0) is 37.1 Å². The van der Waals surface area contributed by atoms with Crippen molar-refractivity contribution in [2.24, 2.45) is 0 Å². The predicted molar refractivity (Wildman–Crippen MR) is 76.1 cm³/mol. The van der Waals surface area contributed by atoms with Crippen molar-refractivity contribution in [1.82, 2.24) is 10.6 Å². The van der Waals surface area contributed by atoms with Gasteiger partial charge in [-0.1, -0.05) is 12.8 Å². The molecule has 4 nitrogen and oxygen atoms in total. The molecule has 2 N–H and O–H groups in total. The van der Waals surface area contributed by atoms with E-state index in [4.69, 9.17) is 0 Å². The lowest BCUT2D eigenvalue weighted by Crippen LogP contribution is -2.44. The summed E-state index contributed by atoms with van der Waals surface area (Å²) in [6.07, 6.45) is 4.20. The lowest BCUT2D eigenvalue weighted by atomic mass is 10.2. The van der Waals surface area contributed by atoms with E-state index < -0.39 is 6.03 Å². The number of urea groups is 1. The van der Waals surface area contributed by atoms with Crippen LogP contribution in [0.15, 0.2) is 29.2 Å². The Kier molecular flexibility index (Phi) is 5.40. The highest BCUT2D eigenvalue weighted by Gasteiger charge is 2.18. The van der Waals surface area contributed by atoms with Gasteiger partial charge in [0.25, 0.3) is 0 Å². The second kappa shape index (κ2) is 7.28. The van der Waals surface area contributed by atoms with Crippen molar-refractivity contribution in [3.05, 3.63) is 30.1 Å². The Balaban J connectivity index is 1.69. The van der Waals surface area contributed by atoms with Crippen LogP contribution in [-0.4, -0.2) is 23.7 Å². The summed E-state index contributed by atoms with van der Waals surface area (Å²) in [7, 11) is 0. The van der Waals surface area contributed by atoms with Crippen LogP contribution in [0.25, 0.3) is 0 Å². The highest BCUT2D eigenvalue weighted by Crippen LogP contribution is 2.18. The summed E-state index contributed by atoms with van der Waals surface area (Å²) < 4.78 is 12.7. The maximum Gasteiger partial charge on any atom is 0.321 e. The van der Waals surface area contributed by atoms with Gasteiger partial charge in [-0.15, -0.1) is 11.8 Å². The summed E-state index contributed by atoms with van der Waals surface area (Å²) in [6, 6.07) is 5.65. The lowest BCUT2D eigenvalue weighted by Gasteiger charge is -2.12. The number of rotatable bonds is 4. The topological polar surface area (TPSA) is 58.2 Å². The molecule has 1 aliphatic carbocycles. The van der Waals surface area contributed by atoms with Crippen molar-refractivity contribution in [3.8, 4) is 0 Å². The van der Waals surface area contributed by atoms with Crippen LogP contribution >= 0.6 is 11.8 Å². The third-order valence-corrected chi connectivity index (χ3v) is 4.14. The molecule has 108 valence electrons. The molecule has 0 unspecified atom stereocenters. The first-order valence-electron chi connectivity index (χ1n) is 6.62. The van der Waals surface area contributed by atoms with Crippen molar-refractivity contribution in [2.75, 3.05) is 5.75 Å². The maximum atomic E-state index is 12.7. The van der Waals surface area contributed by atoms with Crippen LogP contribution in [0.4, 0.5) is 9.18 Å². The summed E-state index contributed by atoms with van der Waals surface area (Å²) in [5.41, 5.74) is 0. The van der Waals surface area contributed by atoms with Gasteiger partial charge >= 0.3 is 6.03 Å². The number of imide groups is 1. The van der Waals surface area contributed by atoms with Gasteiger partial charge in [-0.2, -0.15) is 0 Å². The molecular formula is C14H17FN2O2S. The number of hydrogen-bond donors (Lipinski definition) is 2. The van der Waals surface area contributed by atoms with Crippen LogP contribution in [0.3, 0.4) is 0 Å². The van der Waals surface area contributed by atoms with E-state index in [9.17, 15) is 14.0 Å². The van der Waals surface area contributed by atoms with E-state index in [-0.39, 0.29) is 23.5 Å². The Hall–Kier alpha value is -1.56. The van der Waals surface area contributed by atoms with E-state index in [0.29, 0.717) is 0 Å². The molecule has 1 saturated carbocycles. The zero-order valence-corrected chi connectivity index (χ0v) is 11.8. The normalized spacial score (nSPS) is 15.1. The number of benzene rings is 1. The fourth-order valence-corrected chi connectivity index (χ4v) is 2.83. The molecule has 0 saturated heterocycles. The van der Waals surface area contributed by atoms with Gasteiger partial charge in [-0.25, -0.2) is 9.18 Å². The highest BCUT2D eigenvalue weighted by atomic mass is 32.2. The monoisotopic (exact) mass is 296 g/mol. The first kappa shape index (κ1) is 14.8. The second-order valence-electron chi connectivity index (χ2n) is 4.75. The second-order valence-corrected chi connectivity index (χ2v) is 5.79. The largest absolute Gasteiger partial charge is 0.335 e. The van der Waals surface area contributed by atoms with Gasteiger partial charge in [0.1, 0.15) is 5.82 Å². The predicted octanol–water partition coefficient (Wildman–Crippen LogP) is 2.69. The summed E-state index contributed by atoms with van der Waals surface area (Å²) in [5, 5.41) is 5.09. The molecule has 2 rings (SSSR count). The average molecular weight is 296 g/mol. The Labute approximate surface area is 121 Å². The van der Waals surface area contributed by atoms with Gasteiger partial charge in [0.05, 0.1) is 5.75 Å². The van der Waals surface area contributed by atoms with E-state index in [1.165, 1.54) is 23.9 Å². The van der Waals surface area contributed by atoms with E-state index in [0.717, 1.165) is 30.6 Å². The molecule has 6 heteroatoms. The molecule has 0 spiro atoms. The molecule has 0 aromatic heterocycles. The molecular weight excluding hydrogens is 279 g/mol. The minimum absolute atomic E-state index is 0.129. The van der Waals surface area contributed by atoms with Crippen LogP contribution in [0.1, 0.15) is 25.7 Å². The Morgan fingerprint density at radius 3 is 2.50 bits per heavy atom. The molecule has 0 aliphatic heterocycles. The van der Waals surface area contributed by atoms with Crippen LogP contribution in [-0.2, 0) is 4.79 Å². The number of amides is 3. The molecule has 0 atom stereocenters. The van der Waals surface area contributed by atoms with E-state index in [1.807, 2.05) is 0 Å². The number of thioether (sulfide) groups is 1. The standard InChI is InChI=1S/C14H17FN2O2S/c15-10-5-7-12(8-6-10)20-9-13(18)17-14(19)16-11-3-1-2-4-11/h5-8,11H,1-4,9H2,(H2,16,17,18,19). The average Bonchev–Trinajstić information content (AvgIpc) is 2.90. The van der Waals surface area contributed by atoms with Crippen molar-refractivity contribution in [3.63, 3.8) is 0 Å². The zero-order valence-electron chi connectivity index (χ0n) is 11.0. The fraction of sp³-hybridized carbons (Fsp3) is 0.429.